The molecular weight excluding hydrogens is 338 g/mol. The number of fused-ring (bicyclic) bond motifs is 3. The average Bonchev–Trinajstić information content (AvgIpc) is 2.93. The third kappa shape index (κ3) is 3.43. The van der Waals surface area contributed by atoms with Gasteiger partial charge >= 0.3 is 17.9 Å². The summed E-state index contributed by atoms with van der Waals surface area (Å²) in [7, 11) is 0. The Kier molecular flexibility index (Phi) is 4.99. The van der Waals surface area contributed by atoms with E-state index in [0.717, 1.165) is 22.3 Å². The summed E-state index contributed by atoms with van der Waals surface area (Å²) in [5.41, 5.74) is 4.13. The van der Waals surface area contributed by atoms with Crippen LogP contribution in [0.3, 0.4) is 0 Å². The summed E-state index contributed by atoms with van der Waals surface area (Å²) >= 11 is 0. The van der Waals surface area contributed by atoms with Gasteiger partial charge in [-0.1, -0.05) is 48.5 Å². The molecule has 0 fully saturated rings. The molecule has 0 radical (unpaired) electrons. The highest BCUT2D eigenvalue weighted by atomic mass is 16.5. The van der Waals surface area contributed by atoms with Crippen LogP contribution in [0, 0.1) is 0 Å². The minimum atomic E-state index is -1.72. The molecule has 3 rings (SSSR count). The van der Waals surface area contributed by atoms with E-state index in [1.165, 1.54) is 0 Å². The van der Waals surface area contributed by atoms with Crippen molar-refractivity contribution in [2.24, 2.45) is 0 Å². The normalized spacial score (nSPS) is 13.5. The predicted octanol–water partition coefficient (Wildman–Crippen LogP) is 1.47. The maximum Gasteiger partial charge on any atom is 0.334 e. The van der Waals surface area contributed by atoms with Crippen molar-refractivity contribution in [3.63, 3.8) is 0 Å². The number of nitrogens with one attached hydrogen (secondary N) is 1. The summed E-state index contributed by atoms with van der Waals surface area (Å²) in [6.45, 7) is -0.674. The van der Waals surface area contributed by atoms with Crippen LogP contribution in [0.5, 0.6) is 0 Å². The van der Waals surface area contributed by atoms with Gasteiger partial charge in [0.25, 0.3) is 0 Å². The van der Waals surface area contributed by atoms with Gasteiger partial charge in [0.1, 0.15) is 6.61 Å². The Hall–Kier alpha value is -3.19. The molecule has 26 heavy (non-hydrogen) atoms. The van der Waals surface area contributed by atoms with Crippen LogP contribution in [0.4, 0.5) is 0 Å². The summed E-state index contributed by atoms with van der Waals surface area (Å²) in [5.74, 6) is -3.95. The second kappa shape index (κ2) is 7.37. The smallest absolute Gasteiger partial charge is 0.334 e. The highest BCUT2D eigenvalue weighted by Crippen LogP contribution is 2.44. The van der Waals surface area contributed by atoms with Crippen LogP contribution in [0.2, 0.25) is 0 Å². The topological polar surface area (TPSA) is 113 Å². The monoisotopic (exact) mass is 355 g/mol. The van der Waals surface area contributed by atoms with Crippen LogP contribution in [0.1, 0.15) is 17.0 Å². The number of rotatable bonds is 7. The Balaban J connectivity index is 1.76. The summed E-state index contributed by atoms with van der Waals surface area (Å²) in [6.07, 6.45) is 0. The first-order valence-electron chi connectivity index (χ1n) is 8.02. The van der Waals surface area contributed by atoms with Crippen molar-refractivity contribution in [2.45, 2.75) is 12.0 Å². The molecule has 1 unspecified atom stereocenters. The van der Waals surface area contributed by atoms with E-state index in [0.29, 0.717) is 0 Å². The molecule has 2 aromatic rings. The number of esters is 1. The van der Waals surface area contributed by atoms with E-state index in [2.05, 4.69) is 5.32 Å². The van der Waals surface area contributed by atoms with Gasteiger partial charge in [0.15, 0.2) is 0 Å². The highest BCUT2D eigenvalue weighted by molar-refractivity contribution is 5.98. The Morgan fingerprint density at radius 3 is 2.00 bits per heavy atom. The largest absolute Gasteiger partial charge is 0.480 e. The molecule has 1 aliphatic carbocycles. The van der Waals surface area contributed by atoms with Crippen LogP contribution in [0.25, 0.3) is 11.1 Å². The number of carbonyl (C=O) groups excluding carboxylic acids is 1. The predicted molar refractivity (Wildman–Crippen MR) is 91.7 cm³/mol. The lowest BCUT2D eigenvalue weighted by molar-refractivity contribution is -0.155. The second-order valence-corrected chi connectivity index (χ2v) is 5.90. The molecule has 0 saturated carbocycles. The van der Waals surface area contributed by atoms with Crippen LogP contribution in [0.15, 0.2) is 48.5 Å². The number of carboxylic acid groups (broad SMARTS) is 2. The Morgan fingerprint density at radius 2 is 1.50 bits per heavy atom. The van der Waals surface area contributed by atoms with E-state index in [1.54, 1.807) is 0 Å². The average molecular weight is 355 g/mol. The lowest BCUT2D eigenvalue weighted by Gasteiger charge is -2.17. The fourth-order valence-corrected chi connectivity index (χ4v) is 3.15. The molecule has 1 atom stereocenters. The number of benzene rings is 2. The second-order valence-electron chi connectivity index (χ2n) is 5.90. The molecular formula is C19H17NO6. The van der Waals surface area contributed by atoms with Crippen LogP contribution < -0.4 is 5.32 Å². The van der Waals surface area contributed by atoms with Crippen molar-refractivity contribution >= 4 is 17.9 Å². The number of ether oxygens (including phenoxy) is 1. The molecule has 0 saturated heterocycles. The lowest BCUT2D eigenvalue weighted by atomic mass is 9.98. The third-order valence-electron chi connectivity index (χ3n) is 4.29. The Bertz CT molecular complexity index is 817. The zero-order valence-electron chi connectivity index (χ0n) is 13.7. The maximum atomic E-state index is 12.1. The summed E-state index contributed by atoms with van der Waals surface area (Å²) in [5, 5.41) is 19.9. The molecule has 0 bridgehead atoms. The van der Waals surface area contributed by atoms with Gasteiger partial charge in [-0.05, 0) is 22.3 Å². The van der Waals surface area contributed by atoms with Crippen molar-refractivity contribution in [2.75, 3.05) is 13.2 Å². The summed E-state index contributed by atoms with van der Waals surface area (Å²) < 4.78 is 5.22. The van der Waals surface area contributed by atoms with E-state index >= 15 is 0 Å². The van der Waals surface area contributed by atoms with Gasteiger partial charge in [-0.2, -0.15) is 0 Å². The van der Waals surface area contributed by atoms with E-state index in [4.69, 9.17) is 14.9 Å². The minimum Gasteiger partial charge on any atom is -0.480 e. The van der Waals surface area contributed by atoms with E-state index in [1.807, 2.05) is 48.5 Å². The lowest BCUT2D eigenvalue weighted by Crippen LogP contribution is -2.46. The molecule has 7 nitrogen and oxygen atoms in total. The molecule has 2 aromatic carbocycles. The van der Waals surface area contributed by atoms with E-state index in [9.17, 15) is 14.4 Å². The van der Waals surface area contributed by atoms with Gasteiger partial charge in [0.2, 0.25) is 6.04 Å². The quantitative estimate of drug-likeness (QED) is 0.509. The number of carbonyl (C=O) groups is 3. The highest BCUT2D eigenvalue weighted by Gasteiger charge is 2.32. The first-order chi connectivity index (χ1) is 12.5. The molecule has 0 amide bonds. The summed E-state index contributed by atoms with van der Waals surface area (Å²) in [6, 6.07) is 13.8. The van der Waals surface area contributed by atoms with Crippen LogP contribution >= 0.6 is 0 Å². The van der Waals surface area contributed by atoms with Gasteiger partial charge in [-0.25, -0.2) is 9.59 Å². The molecule has 3 N–H and O–H groups in total. The maximum absolute atomic E-state index is 12.1. The van der Waals surface area contributed by atoms with Gasteiger partial charge < -0.3 is 14.9 Å². The van der Waals surface area contributed by atoms with E-state index < -0.39 is 30.5 Å². The van der Waals surface area contributed by atoms with Gasteiger partial charge in [0.05, 0.1) is 6.54 Å². The molecule has 0 aliphatic heterocycles. The minimum absolute atomic E-state index is 0.0224. The zero-order valence-corrected chi connectivity index (χ0v) is 13.7. The molecule has 1 aliphatic rings. The van der Waals surface area contributed by atoms with Crippen molar-refractivity contribution < 1.29 is 29.3 Å². The first kappa shape index (κ1) is 17.6. The van der Waals surface area contributed by atoms with Crippen molar-refractivity contribution in [3.8, 4) is 11.1 Å². The Labute approximate surface area is 149 Å². The third-order valence-corrected chi connectivity index (χ3v) is 4.29. The number of aliphatic carboxylic acids is 2. The van der Waals surface area contributed by atoms with E-state index in [-0.39, 0.29) is 12.5 Å². The zero-order chi connectivity index (χ0) is 18.7. The number of hydrogen-bond acceptors (Lipinski definition) is 5. The first-order valence-corrected chi connectivity index (χ1v) is 8.02. The van der Waals surface area contributed by atoms with Crippen molar-refractivity contribution in [1.29, 1.82) is 0 Å². The van der Waals surface area contributed by atoms with Gasteiger partial charge in [-0.3, -0.25) is 10.1 Å². The Morgan fingerprint density at radius 1 is 0.962 bits per heavy atom. The summed E-state index contributed by atoms with van der Waals surface area (Å²) in [4.78, 5) is 33.9. The fourth-order valence-electron chi connectivity index (χ4n) is 3.15. The van der Waals surface area contributed by atoms with Crippen molar-refractivity contribution in [3.05, 3.63) is 59.7 Å². The van der Waals surface area contributed by atoms with Crippen LogP contribution in [-0.4, -0.2) is 47.3 Å². The SMILES string of the molecule is O=C(O)CNC(C(=O)O)C(=O)OCC1c2ccccc2-c2ccccc21. The van der Waals surface area contributed by atoms with Crippen molar-refractivity contribution in [1.82, 2.24) is 5.32 Å². The molecule has 0 aromatic heterocycles. The van der Waals surface area contributed by atoms with Gasteiger partial charge in [-0.15, -0.1) is 0 Å². The molecule has 134 valence electrons. The number of carboxylic acids is 2. The number of hydrogen-bond donors (Lipinski definition) is 3. The molecule has 0 heterocycles. The molecule has 7 heteroatoms. The van der Waals surface area contributed by atoms with Gasteiger partial charge in [0, 0.05) is 5.92 Å². The fraction of sp³-hybridized carbons (Fsp3) is 0.211. The molecule has 0 spiro atoms. The standard InChI is InChI=1S/C19H17NO6/c21-16(22)9-20-17(18(23)24)19(25)26-10-15-13-7-3-1-5-11(13)12-6-2-4-8-14(12)15/h1-8,15,17,20H,9-10H2,(H,21,22)(H,23,24). The van der Waals surface area contributed by atoms with Crippen LogP contribution in [-0.2, 0) is 19.1 Å².